The van der Waals surface area contributed by atoms with Crippen molar-refractivity contribution in [1.82, 2.24) is 9.21 Å². The molecule has 0 aromatic heterocycles. The average Bonchev–Trinajstić information content (AvgIpc) is 2.75. The van der Waals surface area contributed by atoms with Gasteiger partial charge in [0.25, 0.3) is 0 Å². The first kappa shape index (κ1) is 23.4. The van der Waals surface area contributed by atoms with Crippen LogP contribution in [0, 0.1) is 17.6 Å². The van der Waals surface area contributed by atoms with Crippen molar-refractivity contribution < 1.29 is 26.7 Å². The fourth-order valence-electron chi connectivity index (χ4n) is 3.65. The molecule has 168 valence electrons. The van der Waals surface area contributed by atoms with E-state index in [1.165, 1.54) is 11.4 Å². The number of amides is 1. The zero-order valence-electron chi connectivity index (χ0n) is 17.1. The third kappa shape index (κ3) is 5.16. The lowest BCUT2D eigenvalue weighted by Crippen LogP contribution is -2.43. The van der Waals surface area contributed by atoms with Crippen molar-refractivity contribution in [2.45, 2.75) is 24.3 Å². The van der Waals surface area contributed by atoms with Crippen LogP contribution in [0.5, 0.6) is 5.75 Å². The topological polar surface area (TPSA) is 66.9 Å². The van der Waals surface area contributed by atoms with E-state index < -0.39 is 21.7 Å². The van der Waals surface area contributed by atoms with E-state index in [1.807, 2.05) is 0 Å². The van der Waals surface area contributed by atoms with Gasteiger partial charge in [0.1, 0.15) is 5.75 Å². The largest absolute Gasteiger partial charge is 0.496 e. The van der Waals surface area contributed by atoms with Crippen molar-refractivity contribution in [2.24, 2.45) is 5.92 Å². The number of sulfonamides is 1. The van der Waals surface area contributed by atoms with Crippen LogP contribution in [0.4, 0.5) is 8.78 Å². The molecule has 10 heteroatoms. The number of nitrogens with zero attached hydrogens (tertiary/aromatic N) is 2. The Morgan fingerprint density at radius 3 is 2.45 bits per heavy atom. The van der Waals surface area contributed by atoms with Crippen LogP contribution < -0.4 is 4.74 Å². The van der Waals surface area contributed by atoms with Gasteiger partial charge in [-0.2, -0.15) is 4.31 Å². The van der Waals surface area contributed by atoms with E-state index >= 15 is 0 Å². The normalized spacial score (nSPS) is 15.6. The summed E-state index contributed by atoms with van der Waals surface area (Å²) >= 11 is 6.05. The van der Waals surface area contributed by atoms with Crippen LogP contribution in [-0.2, 0) is 21.4 Å². The maximum absolute atomic E-state index is 13.5. The molecule has 31 heavy (non-hydrogen) atoms. The number of rotatable bonds is 6. The van der Waals surface area contributed by atoms with E-state index in [4.69, 9.17) is 16.3 Å². The molecule has 6 nitrogen and oxygen atoms in total. The minimum absolute atomic E-state index is 0.105. The third-order valence-electron chi connectivity index (χ3n) is 5.36. The van der Waals surface area contributed by atoms with E-state index in [1.54, 1.807) is 30.1 Å². The van der Waals surface area contributed by atoms with Gasteiger partial charge in [-0.25, -0.2) is 17.2 Å². The first-order chi connectivity index (χ1) is 14.6. The Hall–Kier alpha value is -2.23. The van der Waals surface area contributed by atoms with Crippen LogP contribution in [-0.4, -0.2) is 50.8 Å². The van der Waals surface area contributed by atoms with E-state index in [-0.39, 0.29) is 29.8 Å². The van der Waals surface area contributed by atoms with E-state index in [0.717, 1.165) is 17.7 Å². The summed E-state index contributed by atoms with van der Waals surface area (Å²) in [5.41, 5.74) is 0.768. The standard InChI is InChI=1S/C21H23ClF2N2O4S/c1-25(13-15-11-16(22)3-6-20(15)30-2)21(27)14-7-9-26(10-8-14)31(28,29)17-4-5-18(23)19(24)12-17/h3-6,11-12,14H,7-10,13H2,1-2H3. The smallest absolute Gasteiger partial charge is 0.243 e. The van der Waals surface area contributed by atoms with Gasteiger partial charge in [-0.15, -0.1) is 0 Å². The van der Waals surface area contributed by atoms with Gasteiger partial charge in [-0.1, -0.05) is 11.6 Å². The number of piperidine rings is 1. The van der Waals surface area contributed by atoms with Gasteiger partial charge in [0.15, 0.2) is 11.6 Å². The molecule has 0 saturated carbocycles. The Morgan fingerprint density at radius 1 is 1.16 bits per heavy atom. The molecule has 0 aliphatic carbocycles. The summed E-state index contributed by atoms with van der Waals surface area (Å²) in [6.07, 6.45) is 0.664. The number of hydrogen-bond acceptors (Lipinski definition) is 4. The molecular weight excluding hydrogens is 450 g/mol. The molecule has 0 radical (unpaired) electrons. The molecule has 1 aliphatic rings. The molecule has 1 fully saturated rings. The Morgan fingerprint density at radius 2 is 1.84 bits per heavy atom. The summed E-state index contributed by atoms with van der Waals surface area (Å²) in [4.78, 5) is 14.2. The Kier molecular flexibility index (Phi) is 7.18. The van der Waals surface area contributed by atoms with Gasteiger partial charge in [0, 0.05) is 43.2 Å². The molecular formula is C21H23ClF2N2O4S. The molecule has 1 saturated heterocycles. The summed E-state index contributed by atoms with van der Waals surface area (Å²) in [6, 6.07) is 7.68. The molecule has 0 spiro atoms. The predicted octanol–water partition coefficient (Wildman–Crippen LogP) is 3.69. The van der Waals surface area contributed by atoms with Crippen LogP contribution in [0.3, 0.4) is 0 Å². The van der Waals surface area contributed by atoms with Gasteiger partial charge in [-0.3, -0.25) is 4.79 Å². The maximum Gasteiger partial charge on any atom is 0.243 e. The number of methoxy groups -OCH3 is 1. The van der Waals surface area contributed by atoms with Gasteiger partial charge in [-0.05, 0) is 49.2 Å². The molecule has 2 aromatic rings. The minimum atomic E-state index is -3.96. The molecule has 0 bridgehead atoms. The van der Waals surface area contributed by atoms with Gasteiger partial charge in [0.05, 0.1) is 12.0 Å². The van der Waals surface area contributed by atoms with Crippen molar-refractivity contribution in [3.05, 3.63) is 58.6 Å². The van der Waals surface area contributed by atoms with E-state index in [9.17, 15) is 22.0 Å². The second-order valence-corrected chi connectivity index (χ2v) is 9.78. The SMILES string of the molecule is COc1ccc(Cl)cc1CN(C)C(=O)C1CCN(S(=O)(=O)c2ccc(F)c(F)c2)CC1. The van der Waals surface area contributed by atoms with Crippen molar-refractivity contribution >= 4 is 27.5 Å². The highest BCUT2D eigenvalue weighted by Gasteiger charge is 2.33. The highest BCUT2D eigenvalue weighted by Crippen LogP contribution is 2.28. The summed E-state index contributed by atoms with van der Waals surface area (Å²) in [7, 11) is -0.749. The Labute approximate surface area is 185 Å². The summed E-state index contributed by atoms with van der Waals surface area (Å²) < 4.78 is 58.5. The number of carbonyl (C=O) groups is 1. The van der Waals surface area contributed by atoms with Crippen molar-refractivity contribution in [3.63, 3.8) is 0 Å². The van der Waals surface area contributed by atoms with Crippen LogP contribution in [0.15, 0.2) is 41.3 Å². The lowest BCUT2D eigenvalue weighted by molar-refractivity contribution is -0.135. The van der Waals surface area contributed by atoms with E-state index in [0.29, 0.717) is 36.2 Å². The van der Waals surface area contributed by atoms with Crippen LogP contribution in [0.2, 0.25) is 5.02 Å². The van der Waals surface area contributed by atoms with Crippen LogP contribution in [0.25, 0.3) is 0 Å². The molecule has 1 heterocycles. The molecule has 3 rings (SSSR count). The highest BCUT2D eigenvalue weighted by atomic mass is 35.5. The van der Waals surface area contributed by atoms with Gasteiger partial charge in [0.2, 0.25) is 15.9 Å². The highest BCUT2D eigenvalue weighted by molar-refractivity contribution is 7.89. The first-order valence-electron chi connectivity index (χ1n) is 9.66. The van der Waals surface area contributed by atoms with Crippen molar-refractivity contribution in [3.8, 4) is 5.75 Å². The summed E-state index contributed by atoms with van der Waals surface area (Å²) in [6.45, 7) is 0.536. The fourth-order valence-corrected chi connectivity index (χ4v) is 5.32. The first-order valence-corrected chi connectivity index (χ1v) is 11.5. The second-order valence-electron chi connectivity index (χ2n) is 7.40. The van der Waals surface area contributed by atoms with Gasteiger partial charge >= 0.3 is 0 Å². The lowest BCUT2D eigenvalue weighted by atomic mass is 9.96. The predicted molar refractivity (Wildman–Crippen MR) is 112 cm³/mol. The lowest BCUT2D eigenvalue weighted by Gasteiger charge is -2.32. The van der Waals surface area contributed by atoms with Crippen LogP contribution >= 0.6 is 11.6 Å². The average molecular weight is 473 g/mol. The molecule has 2 aromatic carbocycles. The number of benzene rings is 2. The molecule has 0 atom stereocenters. The zero-order chi connectivity index (χ0) is 22.8. The molecule has 0 N–H and O–H groups in total. The number of halogens is 3. The number of carbonyl (C=O) groups excluding carboxylic acids is 1. The summed E-state index contributed by atoms with van der Waals surface area (Å²) in [5, 5.41) is 0.535. The van der Waals surface area contributed by atoms with E-state index in [2.05, 4.69) is 0 Å². The summed E-state index contributed by atoms with van der Waals surface area (Å²) in [5.74, 6) is -2.15. The van der Waals surface area contributed by atoms with Crippen LogP contribution in [0.1, 0.15) is 18.4 Å². The number of hydrogen-bond donors (Lipinski definition) is 0. The molecule has 1 amide bonds. The molecule has 0 unspecified atom stereocenters. The quantitative estimate of drug-likeness (QED) is 0.643. The zero-order valence-corrected chi connectivity index (χ0v) is 18.7. The third-order valence-corrected chi connectivity index (χ3v) is 7.49. The minimum Gasteiger partial charge on any atom is -0.496 e. The molecule has 1 aliphatic heterocycles. The van der Waals surface area contributed by atoms with Crippen molar-refractivity contribution in [2.75, 3.05) is 27.2 Å². The fraction of sp³-hybridized carbons (Fsp3) is 0.381. The monoisotopic (exact) mass is 472 g/mol. The van der Waals surface area contributed by atoms with Gasteiger partial charge < -0.3 is 9.64 Å². The van der Waals surface area contributed by atoms with Crippen molar-refractivity contribution in [1.29, 1.82) is 0 Å². The maximum atomic E-state index is 13.5. The second kappa shape index (κ2) is 9.50. The Bertz CT molecular complexity index is 1070. The Balaban J connectivity index is 1.64. The number of ether oxygens (including phenoxy) is 1.